The van der Waals surface area contributed by atoms with Gasteiger partial charge in [0, 0.05) is 19.0 Å². The fraction of sp³-hybridized carbons (Fsp3) is 0.571. The summed E-state index contributed by atoms with van der Waals surface area (Å²) in [6, 6.07) is 4.02. The Kier molecular flexibility index (Phi) is 3.14. The van der Waals surface area contributed by atoms with E-state index < -0.39 is 0 Å². The SMILES string of the molecule is CCCC1(c2nc3nc(NC)ccc3[nH]2)CCNC1. The number of aromatic amines is 1. The average Bonchev–Trinajstić information content (AvgIpc) is 3.05. The Labute approximate surface area is 113 Å². The van der Waals surface area contributed by atoms with Gasteiger partial charge in [0.05, 0.1) is 5.52 Å². The van der Waals surface area contributed by atoms with Gasteiger partial charge in [0.25, 0.3) is 0 Å². The second kappa shape index (κ2) is 4.81. The molecule has 3 heterocycles. The summed E-state index contributed by atoms with van der Waals surface area (Å²) in [4.78, 5) is 12.7. The van der Waals surface area contributed by atoms with Gasteiger partial charge in [-0.25, -0.2) is 9.97 Å². The molecule has 1 aliphatic heterocycles. The molecule has 0 amide bonds. The summed E-state index contributed by atoms with van der Waals surface area (Å²) in [6.45, 7) is 4.33. The third kappa shape index (κ3) is 2.08. The third-order valence-corrected chi connectivity index (χ3v) is 4.08. The maximum absolute atomic E-state index is 4.75. The summed E-state index contributed by atoms with van der Waals surface area (Å²) in [5.41, 5.74) is 2.00. The maximum atomic E-state index is 4.75. The summed E-state index contributed by atoms with van der Waals surface area (Å²) in [6.07, 6.45) is 3.49. The first-order valence-corrected chi connectivity index (χ1v) is 7.03. The molecule has 2 aromatic rings. The molecular formula is C14H21N5. The fourth-order valence-electron chi connectivity index (χ4n) is 3.04. The zero-order valence-corrected chi connectivity index (χ0v) is 11.6. The quantitative estimate of drug-likeness (QED) is 0.786. The standard InChI is InChI=1S/C14H21N5/c1-3-6-14(7-8-16-9-14)13-17-10-4-5-11(15-2)18-12(10)19-13/h4-5,16H,3,6-9H2,1-2H3,(H2,15,17,18,19). The molecule has 102 valence electrons. The van der Waals surface area contributed by atoms with E-state index in [1.54, 1.807) is 0 Å². The zero-order chi connectivity index (χ0) is 13.3. The van der Waals surface area contributed by atoms with Crippen molar-refractivity contribution in [3.8, 4) is 0 Å². The van der Waals surface area contributed by atoms with Crippen molar-refractivity contribution >= 4 is 17.0 Å². The third-order valence-electron chi connectivity index (χ3n) is 4.08. The lowest BCUT2D eigenvalue weighted by Gasteiger charge is -2.25. The Morgan fingerprint density at radius 2 is 2.26 bits per heavy atom. The van der Waals surface area contributed by atoms with Gasteiger partial charge in [-0.05, 0) is 31.5 Å². The molecular weight excluding hydrogens is 238 g/mol. The van der Waals surface area contributed by atoms with Crippen molar-refractivity contribution in [3.63, 3.8) is 0 Å². The van der Waals surface area contributed by atoms with Crippen LogP contribution in [-0.2, 0) is 5.41 Å². The molecule has 5 heteroatoms. The molecule has 1 unspecified atom stereocenters. The molecule has 3 N–H and O–H groups in total. The van der Waals surface area contributed by atoms with Crippen molar-refractivity contribution < 1.29 is 0 Å². The molecule has 0 bridgehead atoms. The van der Waals surface area contributed by atoms with Crippen LogP contribution in [0, 0.1) is 0 Å². The van der Waals surface area contributed by atoms with Crippen LogP contribution in [0.4, 0.5) is 5.82 Å². The van der Waals surface area contributed by atoms with Gasteiger partial charge in [0.2, 0.25) is 0 Å². The molecule has 0 aliphatic carbocycles. The Morgan fingerprint density at radius 3 is 2.95 bits per heavy atom. The van der Waals surface area contributed by atoms with Crippen LogP contribution >= 0.6 is 0 Å². The number of hydrogen-bond acceptors (Lipinski definition) is 4. The van der Waals surface area contributed by atoms with Gasteiger partial charge in [-0.15, -0.1) is 0 Å². The molecule has 5 nitrogen and oxygen atoms in total. The molecule has 1 atom stereocenters. The number of aromatic nitrogens is 3. The second-order valence-corrected chi connectivity index (χ2v) is 5.36. The highest BCUT2D eigenvalue weighted by atomic mass is 15.1. The lowest BCUT2D eigenvalue weighted by Crippen LogP contribution is -2.30. The second-order valence-electron chi connectivity index (χ2n) is 5.36. The van der Waals surface area contributed by atoms with Crippen molar-refractivity contribution in [2.24, 2.45) is 0 Å². The first-order valence-electron chi connectivity index (χ1n) is 7.03. The molecule has 1 fully saturated rings. The lowest BCUT2D eigenvalue weighted by molar-refractivity contribution is 0.406. The van der Waals surface area contributed by atoms with Gasteiger partial charge in [0.15, 0.2) is 5.65 Å². The van der Waals surface area contributed by atoms with E-state index in [1.165, 1.54) is 12.8 Å². The van der Waals surface area contributed by atoms with E-state index in [1.807, 2.05) is 19.2 Å². The van der Waals surface area contributed by atoms with E-state index in [2.05, 4.69) is 27.5 Å². The lowest BCUT2D eigenvalue weighted by atomic mass is 9.82. The number of nitrogens with one attached hydrogen (secondary N) is 3. The number of H-pyrrole nitrogens is 1. The van der Waals surface area contributed by atoms with Crippen molar-refractivity contribution in [2.75, 3.05) is 25.5 Å². The molecule has 1 aliphatic rings. The van der Waals surface area contributed by atoms with Gasteiger partial charge in [-0.2, -0.15) is 0 Å². The van der Waals surface area contributed by atoms with E-state index in [4.69, 9.17) is 4.98 Å². The minimum atomic E-state index is 0.162. The largest absolute Gasteiger partial charge is 0.373 e. The van der Waals surface area contributed by atoms with Crippen LogP contribution in [0.1, 0.15) is 32.0 Å². The van der Waals surface area contributed by atoms with Gasteiger partial charge in [0.1, 0.15) is 11.6 Å². The monoisotopic (exact) mass is 259 g/mol. The number of pyridine rings is 1. The van der Waals surface area contributed by atoms with Crippen LogP contribution in [0.15, 0.2) is 12.1 Å². The van der Waals surface area contributed by atoms with Crippen molar-refractivity contribution in [1.82, 2.24) is 20.3 Å². The van der Waals surface area contributed by atoms with Crippen LogP contribution in [-0.4, -0.2) is 35.1 Å². The van der Waals surface area contributed by atoms with E-state index in [0.29, 0.717) is 0 Å². The molecule has 3 rings (SSSR count). The first-order chi connectivity index (χ1) is 9.27. The molecule has 0 saturated carbocycles. The number of nitrogens with zero attached hydrogens (tertiary/aromatic N) is 2. The predicted octanol–water partition coefficient (Wildman–Crippen LogP) is 2.03. The number of anilines is 1. The molecule has 0 spiro atoms. The van der Waals surface area contributed by atoms with E-state index in [-0.39, 0.29) is 5.41 Å². The minimum absolute atomic E-state index is 0.162. The normalized spacial score (nSPS) is 23.1. The summed E-state index contributed by atoms with van der Waals surface area (Å²) >= 11 is 0. The molecule has 19 heavy (non-hydrogen) atoms. The number of hydrogen-bond donors (Lipinski definition) is 3. The summed E-state index contributed by atoms with van der Waals surface area (Å²) in [7, 11) is 1.88. The topological polar surface area (TPSA) is 65.6 Å². The maximum Gasteiger partial charge on any atom is 0.179 e. The molecule has 0 radical (unpaired) electrons. The highest BCUT2D eigenvalue weighted by molar-refractivity contribution is 5.73. The van der Waals surface area contributed by atoms with E-state index in [0.717, 1.165) is 42.3 Å². The summed E-state index contributed by atoms with van der Waals surface area (Å²) < 4.78 is 0. The molecule has 0 aromatic carbocycles. The summed E-state index contributed by atoms with van der Waals surface area (Å²) in [5, 5.41) is 6.53. The molecule has 2 aromatic heterocycles. The Morgan fingerprint density at radius 1 is 1.37 bits per heavy atom. The van der Waals surface area contributed by atoms with Crippen LogP contribution in [0.2, 0.25) is 0 Å². The highest BCUT2D eigenvalue weighted by Crippen LogP contribution is 2.34. The minimum Gasteiger partial charge on any atom is -0.373 e. The molecule has 1 saturated heterocycles. The van der Waals surface area contributed by atoms with Crippen molar-refractivity contribution in [3.05, 3.63) is 18.0 Å². The van der Waals surface area contributed by atoms with Gasteiger partial charge >= 0.3 is 0 Å². The number of rotatable bonds is 4. The van der Waals surface area contributed by atoms with E-state index >= 15 is 0 Å². The van der Waals surface area contributed by atoms with E-state index in [9.17, 15) is 0 Å². The zero-order valence-electron chi connectivity index (χ0n) is 11.6. The van der Waals surface area contributed by atoms with Gasteiger partial charge in [-0.1, -0.05) is 13.3 Å². The Hall–Kier alpha value is -1.62. The highest BCUT2D eigenvalue weighted by Gasteiger charge is 2.37. The number of imidazole rings is 1. The van der Waals surface area contributed by atoms with Gasteiger partial charge in [-0.3, -0.25) is 0 Å². The van der Waals surface area contributed by atoms with Gasteiger partial charge < -0.3 is 15.6 Å². The smallest absolute Gasteiger partial charge is 0.179 e. The number of fused-ring (bicyclic) bond motifs is 1. The predicted molar refractivity (Wildman–Crippen MR) is 77.5 cm³/mol. The van der Waals surface area contributed by atoms with Crippen LogP contribution in [0.3, 0.4) is 0 Å². The first kappa shape index (κ1) is 12.4. The Balaban J connectivity index is 2.03. The average molecular weight is 259 g/mol. The van der Waals surface area contributed by atoms with Crippen LogP contribution in [0.5, 0.6) is 0 Å². The summed E-state index contributed by atoms with van der Waals surface area (Å²) in [5.74, 6) is 1.95. The van der Waals surface area contributed by atoms with Crippen molar-refractivity contribution in [1.29, 1.82) is 0 Å². The van der Waals surface area contributed by atoms with Crippen LogP contribution in [0.25, 0.3) is 11.2 Å². The fourth-order valence-corrected chi connectivity index (χ4v) is 3.04. The Bertz CT molecular complexity index is 568. The van der Waals surface area contributed by atoms with Crippen molar-refractivity contribution in [2.45, 2.75) is 31.6 Å². The van der Waals surface area contributed by atoms with Crippen LogP contribution < -0.4 is 10.6 Å².